The Morgan fingerprint density at radius 2 is 0.778 bits per heavy atom. The number of hydrogen-bond acceptors (Lipinski definition) is 5. The molecule has 2 heterocycles. The van der Waals surface area contributed by atoms with Gasteiger partial charge < -0.3 is 14.2 Å². The van der Waals surface area contributed by atoms with Crippen molar-refractivity contribution in [3.8, 4) is 34.8 Å². The molecule has 2 aromatic carbocycles. The summed E-state index contributed by atoms with van der Waals surface area (Å²) in [5.74, 6) is 3.21. The maximum atomic E-state index is 6.08. The summed E-state index contributed by atoms with van der Waals surface area (Å²) in [7, 11) is 0. The third-order valence-corrected chi connectivity index (χ3v) is 3.62. The molecule has 5 nitrogen and oxygen atoms in total. The first kappa shape index (κ1) is 16.6. The lowest BCUT2D eigenvalue weighted by Gasteiger charge is -2.14. The van der Waals surface area contributed by atoms with E-state index in [2.05, 4.69) is 9.97 Å². The van der Waals surface area contributed by atoms with Crippen LogP contribution in [0.25, 0.3) is 0 Å². The Labute approximate surface area is 156 Å². The average molecular weight is 356 g/mol. The molecule has 0 atom stereocenters. The number of rotatable bonds is 6. The minimum Gasteiger partial charge on any atom is -0.450 e. The molecule has 132 valence electrons. The van der Waals surface area contributed by atoms with Crippen LogP contribution in [-0.4, -0.2) is 9.97 Å². The first-order valence-electron chi connectivity index (χ1n) is 8.42. The number of hydrogen-bond donors (Lipinski definition) is 0. The molecule has 0 amide bonds. The van der Waals surface area contributed by atoms with E-state index in [4.69, 9.17) is 14.2 Å². The Hall–Kier alpha value is -3.86. The van der Waals surface area contributed by atoms with Gasteiger partial charge in [0.15, 0.2) is 23.0 Å². The van der Waals surface area contributed by atoms with Crippen molar-refractivity contribution in [1.29, 1.82) is 0 Å². The van der Waals surface area contributed by atoms with E-state index >= 15 is 0 Å². The summed E-state index contributed by atoms with van der Waals surface area (Å²) < 4.78 is 17.8. The van der Waals surface area contributed by atoms with Gasteiger partial charge in [0.1, 0.15) is 0 Å². The SMILES string of the molecule is c1ccc(Oc2ccccc2Oc2ccccc2Oc2ccccn2)nc1. The Morgan fingerprint density at radius 1 is 0.407 bits per heavy atom. The largest absolute Gasteiger partial charge is 0.450 e. The van der Waals surface area contributed by atoms with Crippen LogP contribution in [0.15, 0.2) is 97.3 Å². The fourth-order valence-electron chi connectivity index (χ4n) is 2.40. The highest BCUT2D eigenvalue weighted by Gasteiger charge is 2.12. The summed E-state index contributed by atoms with van der Waals surface area (Å²) in [5, 5.41) is 0. The molecule has 0 N–H and O–H groups in total. The van der Waals surface area contributed by atoms with E-state index in [9.17, 15) is 0 Å². The third-order valence-electron chi connectivity index (χ3n) is 3.62. The minimum atomic E-state index is 0.492. The number of pyridine rings is 2. The molecule has 27 heavy (non-hydrogen) atoms. The molecule has 4 aromatic rings. The smallest absolute Gasteiger partial charge is 0.219 e. The van der Waals surface area contributed by atoms with Crippen LogP contribution >= 0.6 is 0 Å². The van der Waals surface area contributed by atoms with Crippen LogP contribution in [-0.2, 0) is 0 Å². The van der Waals surface area contributed by atoms with Gasteiger partial charge in [-0.1, -0.05) is 36.4 Å². The third kappa shape index (κ3) is 4.22. The first-order chi connectivity index (χ1) is 13.4. The highest BCUT2D eigenvalue weighted by molar-refractivity contribution is 5.49. The molecular formula is C22H16N2O3. The normalized spacial score (nSPS) is 10.2. The van der Waals surface area contributed by atoms with Gasteiger partial charge in [-0.3, -0.25) is 0 Å². The van der Waals surface area contributed by atoms with Crippen molar-refractivity contribution in [1.82, 2.24) is 9.97 Å². The molecule has 0 radical (unpaired) electrons. The van der Waals surface area contributed by atoms with E-state index < -0.39 is 0 Å². The molecule has 0 aliphatic rings. The molecule has 2 aromatic heterocycles. The van der Waals surface area contributed by atoms with Crippen LogP contribution in [0.5, 0.6) is 34.8 Å². The Bertz CT molecular complexity index is 925. The molecule has 0 aliphatic heterocycles. The van der Waals surface area contributed by atoms with Crippen LogP contribution in [0.2, 0.25) is 0 Å². The number of benzene rings is 2. The van der Waals surface area contributed by atoms with E-state index in [1.165, 1.54) is 0 Å². The summed E-state index contributed by atoms with van der Waals surface area (Å²) in [5.41, 5.74) is 0. The lowest BCUT2D eigenvalue weighted by atomic mass is 10.3. The van der Waals surface area contributed by atoms with Gasteiger partial charge in [-0.05, 0) is 36.4 Å². The zero-order valence-corrected chi connectivity index (χ0v) is 14.4. The van der Waals surface area contributed by atoms with Crippen molar-refractivity contribution in [2.75, 3.05) is 0 Å². The predicted molar refractivity (Wildman–Crippen MR) is 102 cm³/mol. The Morgan fingerprint density at radius 3 is 1.15 bits per heavy atom. The van der Waals surface area contributed by atoms with Gasteiger partial charge in [0.2, 0.25) is 11.8 Å². The zero-order chi connectivity index (χ0) is 18.3. The van der Waals surface area contributed by atoms with Crippen molar-refractivity contribution in [3.05, 3.63) is 97.3 Å². The van der Waals surface area contributed by atoms with E-state index in [-0.39, 0.29) is 0 Å². The van der Waals surface area contributed by atoms with Crippen molar-refractivity contribution in [2.24, 2.45) is 0 Å². The number of nitrogens with zero attached hydrogens (tertiary/aromatic N) is 2. The first-order valence-corrected chi connectivity index (χ1v) is 8.42. The number of aromatic nitrogens is 2. The Kier molecular flexibility index (Phi) is 4.93. The van der Waals surface area contributed by atoms with Crippen molar-refractivity contribution < 1.29 is 14.2 Å². The van der Waals surface area contributed by atoms with Gasteiger partial charge in [-0.15, -0.1) is 0 Å². The summed E-state index contributed by atoms with van der Waals surface area (Å²) in [6, 6.07) is 25.8. The maximum absolute atomic E-state index is 6.08. The molecule has 5 heteroatoms. The highest BCUT2D eigenvalue weighted by atomic mass is 16.5. The average Bonchev–Trinajstić information content (AvgIpc) is 2.72. The monoisotopic (exact) mass is 356 g/mol. The molecule has 0 aliphatic carbocycles. The predicted octanol–water partition coefficient (Wildman–Crippen LogP) is 5.85. The molecule has 0 unspecified atom stereocenters. The lowest BCUT2D eigenvalue weighted by molar-refractivity contribution is 0.385. The fraction of sp³-hybridized carbons (Fsp3) is 0. The topological polar surface area (TPSA) is 53.5 Å². The molecule has 0 fully saturated rings. The van der Waals surface area contributed by atoms with Crippen LogP contribution in [0.1, 0.15) is 0 Å². The van der Waals surface area contributed by atoms with Gasteiger partial charge in [-0.2, -0.15) is 0 Å². The highest BCUT2D eigenvalue weighted by Crippen LogP contribution is 2.38. The van der Waals surface area contributed by atoms with E-state index in [1.807, 2.05) is 72.8 Å². The second kappa shape index (κ2) is 8.01. The second-order valence-electron chi connectivity index (χ2n) is 5.54. The summed E-state index contributed by atoms with van der Waals surface area (Å²) in [6.45, 7) is 0. The van der Waals surface area contributed by atoms with Gasteiger partial charge in [0.05, 0.1) is 0 Å². The van der Waals surface area contributed by atoms with Crippen LogP contribution in [0.4, 0.5) is 0 Å². The minimum absolute atomic E-state index is 0.492. The van der Waals surface area contributed by atoms with Gasteiger partial charge in [0.25, 0.3) is 0 Å². The lowest BCUT2D eigenvalue weighted by Crippen LogP contribution is -1.94. The van der Waals surface area contributed by atoms with Gasteiger partial charge in [0, 0.05) is 24.5 Å². The van der Waals surface area contributed by atoms with Gasteiger partial charge in [-0.25, -0.2) is 9.97 Å². The van der Waals surface area contributed by atoms with Crippen molar-refractivity contribution >= 4 is 0 Å². The molecule has 0 saturated carbocycles. The van der Waals surface area contributed by atoms with Crippen LogP contribution < -0.4 is 14.2 Å². The summed E-state index contributed by atoms with van der Waals surface area (Å²) in [4.78, 5) is 8.37. The number of para-hydroxylation sites is 4. The Balaban J connectivity index is 1.60. The number of ether oxygens (including phenoxy) is 3. The summed E-state index contributed by atoms with van der Waals surface area (Å²) >= 11 is 0. The van der Waals surface area contributed by atoms with Gasteiger partial charge >= 0.3 is 0 Å². The molecular weight excluding hydrogens is 340 g/mol. The zero-order valence-electron chi connectivity index (χ0n) is 14.4. The maximum Gasteiger partial charge on any atom is 0.219 e. The van der Waals surface area contributed by atoms with E-state index in [1.54, 1.807) is 24.5 Å². The quantitative estimate of drug-likeness (QED) is 0.433. The molecule has 0 bridgehead atoms. The van der Waals surface area contributed by atoms with Crippen molar-refractivity contribution in [2.45, 2.75) is 0 Å². The van der Waals surface area contributed by atoms with E-state index in [0.29, 0.717) is 34.8 Å². The molecule has 0 saturated heterocycles. The molecule has 4 rings (SSSR count). The van der Waals surface area contributed by atoms with Crippen LogP contribution in [0.3, 0.4) is 0 Å². The summed E-state index contributed by atoms with van der Waals surface area (Å²) in [6.07, 6.45) is 3.35. The standard InChI is InChI=1S/C22H16N2O3/c1-3-11-19(26-21-13-5-7-15-23-21)17(9-1)25-18-10-2-4-12-20(18)27-22-14-6-8-16-24-22/h1-16H. The van der Waals surface area contributed by atoms with E-state index in [0.717, 1.165) is 0 Å². The fourth-order valence-corrected chi connectivity index (χ4v) is 2.40. The van der Waals surface area contributed by atoms with Crippen molar-refractivity contribution in [3.63, 3.8) is 0 Å². The van der Waals surface area contributed by atoms with Crippen LogP contribution in [0, 0.1) is 0 Å². The molecule has 0 spiro atoms. The second-order valence-corrected chi connectivity index (χ2v) is 5.54.